The van der Waals surface area contributed by atoms with Crippen LogP contribution in [0.25, 0.3) is 0 Å². The Morgan fingerprint density at radius 2 is 2.25 bits per heavy atom. The number of tetrazole rings is 1. The molecule has 0 radical (unpaired) electrons. The van der Waals surface area contributed by atoms with Crippen LogP contribution in [0.4, 0.5) is 0 Å². The molecule has 3 heterocycles. The van der Waals surface area contributed by atoms with Gasteiger partial charge in [-0.25, -0.2) is 9.48 Å². The van der Waals surface area contributed by atoms with E-state index < -0.39 is 29.2 Å². The van der Waals surface area contributed by atoms with Crippen LogP contribution in [-0.2, 0) is 20.9 Å². The van der Waals surface area contributed by atoms with Gasteiger partial charge in [-0.1, -0.05) is 22.6 Å². The average Bonchev–Trinajstić information content (AvgIpc) is 3.04. The third-order valence-corrected chi connectivity index (χ3v) is 6.89. The molecule has 2 amide bonds. The van der Waals surface area contributed by atoms with Crippen molar-refractivity contribution in [3.8, 4) is 0 Å². The lowest BCUT2D eigenvalue weighted by Crippen LogP contribution is -2.71. The van der Waals surface area contributed by atoms with E-state index in [0.717, 1.165) is 4.43 Å². The highest BCUT2D eigenvalue weighted by atomic mass is 127. The zero-order valence-corrected chi connectivity index (χ0v) is 15.4. The topological polar surface area (TPSA) is 130 Å². The fraction of sp³-hybridized carbons (Fsp3) is 0.500. The number of carbonyl (C=O) groups is 3. The summed E-state index contributed by atoms with van der Waals surface area (Å²) in [5.74, 6) is -1.95. The Morgan fingerprint density at radius 3 is 2.83 bits per heavy atom. The summed E-state index contributed by atoms with van der Waals surface area (Å²) in [4.78, 5) is 37.2. The first-order chi connectivity index (χ1) is 11.4. The first-order valence-electron chi connectivity index (χ1n) is 6.92. The normalized spacial score (nSPS) is 26.0. The maximum absolute atomic E-state index is 12.3. The molecule has 3 atom stereocenters. The molecule has 2 N–H and O–H groups in total. The van der Waals surface area contributed by atoms with Gasteiger partial charge in [0.1, 0.15) is 30.0 Å². The monoisotopic (exact) mass is 464 g/mol. The van der Waals surface area contributed by atoms with E-state index in [1.165, 1.54) is 27.7 Å². The first kappa shape index (κ1) is 17.1. The van der Waals surface area contributed by atoms with E-state index in [-0.39, 0.29) is 17.5 Å². The number of rotatable bonds is 5. The second-order valence-corrected chi connectivity index (χ2v) is 7.47. The zero-order chi connectivity index (χ0) is 17.4. The Hall–Kier alpha value is -1.70. The molecule has 0 saturated carbocycles. The molecule has 128 valence electrons. The molecule has 0 aromatic carbocycles. The van der Waals surface area contributed by atoms with Crippen LogP contribution in [0, 0.1) is 0 Å². The molecule has 1 fully saturated rings. The molecule has 2 aliphatic heterocycles. The van der Waals surface area contributed by atoms with Crippen LogP contribution < -0.4 is 5.32 Å². The number of halogens is 1. The van der Waals surface area contributed by atoms with Gasteiger partial charge in [0.25, 0.3) is 5.91 Å². The summed E-state index contributed by atoms with van der Waals surface area (Å²) in [5.41, 5.74) is 0.696. The van der Waals surface area contributed by atoms with Gasteiger partial charge in [0.2, 0.25) is 5.91 Å². The van der Waals surface area contributed by atoms with Crippen molar-refractivity contribution in [2.45, 2.75) is 30.1 Å². The van der Waals surface area contributed by atoms with E-state index in [0.29, 0.717) is 5.57 Å². The summed E-state index contributed by atoms with van der Waals surface area (Å²) in [6.45, 7) is 1.62. The Bertz CT molecular complexity index is 723. The number of β-lactam (4-membered cyclic amide) rings is 1. The zero-order valence-electron chi connectivity index (χ0n) is 12.4. The number of carbonyl (C=O) groups excluding carboxylic acids is 2. The van der Waals surface area contributed by atoms with Crippen LogP contribution in [0.3, 0.4) is 0 Å². The molecule has 12 heteroatoms. The van der Waals surface area contributed by atoms with Gasteiger partial charge in [0.15, 0.2) is 0 Å². The van der Waals surface area contributed by atoms with E-state index in [2.05, 4.69) is 43.4 Å². The van der Waals surface area contributed by atoms with Gasteiger partial charge in [-0.3, -0.25) is 14.5 Å². The number of hydrogen-bond acceptors (Lipinski definition) is 7. The van der Waals surface area contributed by atoms with E-state index in [4.69, 9.17) is 0 Å². The van der Waals surface area contributed by atoms with Gasteiger partial charge in [-0.15, -0.1) is 16.9 Å². The van der Waals surface area contributed by atoms with Crippen molar-refractivity contribution in [3.05, 3.63) is 17.6 Å². The summed E-state index contributed by atoms with van der Waals surface area (Å²) in [5, 5.41) is 22.1. The fourth-order valence-electron chi connectivity index (χ4n) is 2.63. The van der Waals surface area contributed by atoms with Gasteiger partial charge in [0.05, 0.1) is 0 Å². The number of hydrogen-bond donors (Lipinski definition) is 2. The lowest BCUT2D eigenvalue weighted by Gasteiger charge is -2.51. The number of nitrogens with one attached hydrogen (secondary N) is 1. The lowest BCUT2D eigenvalue weighted by atomic mass is 10.0. The van der Waals surface area contributed by atoms with Crippen LogP contribution in [0.5, 0.6) is 0 Å². The van der Waals surface area contributed by atoms with Gasteiger partial charge in [0, 0.05) is 9.68 Å². The van der Waals surface area contributed by atoms with Gasteiger partial charge >= 0.3 is 5.97 Å². The average molecular weight is 464 g/mol. The molecule has 2 aliphatic rings. The molecule has 3 rings (SSSR count). The van der Waals surface area contributed by atoms with Crippen molar-refractivity contribution in [1.82, 2.24) is 30.4 Å². The van der Waals surface area contributed by atoms with Crippen LogP contribution in [-0.4, -0.2) is 69.1 Å². The number of carboxylic acids is 1. The van der Waals surface area contributed by atoms with Crippen LogP contribution in [0.15, 0.2) is 17.6 Å². The SMILES string of the molecule is CC1=C(C(=O)O)N2C(=O)C(NC(=O)Cn3cnnn3)[C@@H]2SC1CI. The number of aliphatic carboxylic acids is 1. The van der Waals surface area contributed by atoms with Crippen LogP contribution in [0.1, 0.15) is 6.92 Å². The minimum atomic E-state index is -1.13. The van der Waals surface area contributed by atoms with Gasteiger partial charge in [-0.05, 0) is 22.9 Å². The molecule has 24 heavy (non-hydrogen) atoms. The largest absolute Gasteiger partial charge is 0.477 e. The Kier molecular flexibility index (Phi) is 4.76. The minimum absolute atomic E-state index is 0.00929. The number of carboxylic acid groups (broad SMARTS) is 1. The lowest BCUT2D eigenvalue weighted by molar-refractivity contribution is -0.150. The molecule has 2 unspecified atom stereocenters. The van der Waals surface area contributed by atoms with Crippen LogP contribution >= 0.6 is 34.4 Å². The predicted molar refractivity (Wildman–Crippen MR) is 91.0 cm³/mol. The smallest absolute Gasteiger partial charge is 0.352 e. The Balaban J connectivity index is 1.74. The summed E-state index contributed by atoms with van der Waals surface area (Å²) in [6, 6.07) is -0.744. The van der Waals surface area contributed by atoms with Crippen molar-refractivity contribution in [3.63, 3.8) is 0 Å². The van der Waals surface area contributed by atoms with Crippen LogP contribution in [0.2, 0.25) is 0 Å². The molecule has 1 aromatic heterocycles. The number of aromatic nitrogens is 4. The molecule has 0 bridgehead atoms. The van der Waals surface area contributed by atoms with Gasteiger partial charge in [-0.2, -0.15) is 0 Å². The van der Waals surface area contributed by atoms with E-state index >= 15 is 0 Å². The summed E-state index contributed by atoms with van der Waals surface area (Å²) in [6.07, 6.45) is 1.30. The van der Waals surface area contributed by atoms with E-state index in [9.17, 15) is 19.5 Å². The highest BCUT2D eigenvalue weighted by Gasteiger charge is 2.55. The molecular formula is C12H13IN6O4S. The highest BCUT2D eigenvalue weighted by molar-refractivity contribution is 14.1. The number of nitrogens with zero attached hydrogens (tertiary/aromatic N) is 5. The number of alkyl halides is 1. The molecular weight excluding hydrogens is 451 g/mol. The fourth-order valence-corrected chi connectivity index (χ4v) is 5.31. The van der Waals surface area contributed by atoms with Crippen molar-refractivity contribution >= 4 is 52.1 Å². The van der Waals surface area contributed by atoms with E-state index in [1.807, 2.05) is 0 Å². The Labute approximate surface area is 154 Å². The van der Waals surface area contributed by atoms with Crippen molar-refractivity contribution in [2.75, 3.05) is 4.43 Å². The summed E-state index contributed by atoms with van der Waals surface area (Å²) >= 11 is 3.67. The maximum Gasteiger partial charge on any atom is 0.352 e. The summed E-state index contributed by atoms with van der Waals surface area (Å²) in [7, 11) is 0. The third kappa shape index (κ3) is 2.87. The maximum atomic E-state index is 12.3. The van der Waals surface area contributed by atoms with Crippen molar-refractivity contribution < 1.29 is 19.5 Å². The number of amides is 2. The molecule has 1 saturated heterocycles. The predicted octanol–water partition coefficient (Wildman–Crippen LogP) is -0.765. The number of fused-ring (bicyclic) bond motifs is 1. The molecule has 10 nitrogen and oxygen atoms in total. The van der Waals surface area contributed by atoms with E-state index in [1.54, 1.807) is 6.92 Å². The second-order valence-electron chi connectivity index (χ2n) is 5.27. The first-order valence-corrected chi connectivity index (χ1v) is 9.39. The van der Waals surface area contributed by atoms with Gasteiger partial charge < -0.3 is 10.4 Å². The van der Waals surface area contributed by atoms with Crippen molar-refractivity contribution in [2.24, 2.45) is 0 Å². The summed E-state index contributed by atoms with van der Waals surface area (Å²) < 4.78 is 1.96. The molecule has 1 aromatic rings. The highest BCUT2D eigenvalue weighted by Crippen LogP contribution is 2.44. The quantitative estimate of drug-likeness (QED) is 0.330. The standard InChI is InChI=1S/C12H13IN6O4S/c1-5-6(2-13)24-11-8(10(21)19(11)9(5)12(22)23)15-7(20)3-18-4-14-16-17-18/h4,6,8,11H,2-3H2,1H3,(H,15,20)(H,22,23)/t6?,8?,11-/m0/s1. The second kappa shape index (κ2) is 6.66. The minimum Gasteiger partial charge on any atom is -0.477 e. The van der Waals surface area contributed by atoms with Crippen molar-refractivity contribution in [1.29, 1.82) is 0 Å². The Morgan fingerprint density at radius 1 is 1.50 bits per heavy atom. The molecule has 0 spiro atoms. The third-order valence-electron chi connectivity index (χ3n) is 3.80. The number of thioether (sulfide) groups is 1. The molecule has 0 aliphatic carbocycles.